The van der Waals surface area contributed by atoms with Gasteiger partial charge in [-0.05, 0) is 17.8 Å². The first-order chi connectivity index (χ1) is 6.09. The van der Waals surface area contributed by atoms with Crippen molar-refractivity contribution in [1.82, 2.24) is 0 Å². The van der Waals surface area contributed by atoms with Crippen molar-refractivity contribution < 1.29 is 14.8 Å². The van der Waals surface area contributed by atoms with Gasteiger partial charge in [-0.1, -0.05) is 6.07 Å². The van der Waals surface area contributed by atoms with Gasteiger partial charge in [-0.25, -0.2) is 4.79 Å². The van der Waals surface area contributed by atoms with E-state index in [1.54, 1.807) is 0 Å². The fraction of sp³-hybridized carbons (Fsp3) is 0. The Kier molecular flexibility index (Phi) is 2.86. The third-order valence-electron chi connectivity index (χ3n) is 1.23. The second-order valence-corrected chi connectivity index (χ2v) is 3.15. The van der Waals surface area contributed by atoms with E-state index in [9.17, 15) is 14.9 Å². The summed E-state index contributed by atoms with van der Waals surface area (Å²) in [5.41, 5.74) is -0.105. The Morgan fingerprint density at radius 2 is 2.23 bits per heavy atom. The molecule has 0 fully saturated rings. The second-order valence-electron chi connectivity index (χ2n) is 2.12. The highest BCUT2D eigenvalue weighted by atomic mass is 32.2. The van der Waals surface area contributed by atoms with Gasteiger partial charge in [0, 0.05) is 17.0 Å². The summed E-state index contributed by atoms with van der Waals surface area (Å²) in [5, 5.41) is 17.6. The Hall–Kier alpha value is -1.56. The predicted octanol–water partition coefficient (Wildman–Crippen LogP) is 2.36. The number of non-ortho nitro benzene ring substituents is 1. The number of rotatable bonds is 2. The molecule has 0 aromatic heterocycles. The zero-order chi connectivity index (χ0) is 9.84. The molecule has 0 aliphatic rings. The fourth-order valence-corrected chi connectivity index (χ4v) is 1.29. The molecule has 0 heterocycles. The first-order valence-corrected chi connectivity index (χ1v) is 4.06. The Morgan fingerprint density at radius 3 is 2.77 bits per heavy atom. The van der Waals surface area contributed by atoms with Crippen LogP contribution in [0.3, 0.4) is 0 Å². The van der Waals surface area contributed by atoms with Gasteiger partial charge in [-0.2, -0.15) is 0 Å². The summed E-state index contributed by atoms with van der Waals surface area (Å²) in [6, 6.07) is 5.49. The van der Waals surface area contributed by atoms with Gasteiger partial charge in [-0.3, -0.25) is 10.1 Å². The summed E-state index contributed by atoms with van der Waals surface area (Å²) >= 11 is 0.542. The third-order valence-corrected chi connectivity index (χ3v) is 1.90. The summed E-state index contributed by atoms with van der Waals surface area (Å²) in [6.45, 7) is 0. The standard InChI is InChI=1S/C7H5NO4S/c9-7(10)13-6-3-1-2-5(4-6)8(11)12/h1-4H,(H,9,10). The maximum atomic E-state index is 10.3. The summed E-state index contributed by atoms with van der Waals surface area (Å²) in [6.07, 6.45) is 0. The molecule has 13 heavy (non-hydrogen) atoms. The van der Waals surface area contributed by atoms with E-state index in [1.165, 1.54) is 24.3 Å². The highest BCUT2D eigenvalue weighted by molar-refractivity contribution is 8.13. The monoisotopic (exact) mass is 199 g/mol. The van der Waals surface area contributed by atoms with Crippen molar-refractivity contribution in [1.29, 1.82) is 0 Å². The summed E-state index contributed by atoms with van der Waals surface area (Å²) in [5.74, 6) is 0. The van der Waals surface area contributed by atoms with Gasteiger partial charge in [0.25, 0.3) is 5.69 Å². The van der Waals surface area contributed by atoms with Crippen molar-refractivity contribution in [3.05, 3.63) is 34.4 Å². The molecule has 0 saturated heterocycles. The van der Waals surface area contributed by atoms with E-state index >= 15 is 0 Å². The molecule has 0 bridgehead atoms. The van der Waals surface area contributed by atoms with E-state index in [-0.39, 0.29) is 5.69 Å². The van der Waals surface area contributed by atoms with Crippen molar-refractivity contribution in [2.24, 2.45) is 0 Å². The fourth-order valence-electron chi connectivity index (χ4n) is 0.761. The lowest BCUT2D eigenvalue weighted by molar-refractivity contribution is -0.385. The molecule has 1 aromatic carbocycles. The molecule has 0 amide bonds. The Morgan fingerprint density at radius 1 is 1.54 bits per heavy atom. The van der Waals surface area contributed by atoms with Gasteiger partial charge in [0.2, 0.25) is 0 Å². The first kappa shape index (κ1) is 9.53. The Bertz CT molecular complexity index is 352. The van der Waals surface area contributed by atoms with Crippen LogP contribution in [0, 0.1) is 10.1 Å². The van der Waals surface area contributed by atoms with Crippen LogP contribution >= 0.6 is 11.8 Å². The van der Waals surface area contributed by atoms with Crippen LogP contribution in [-0.2, 0) is 0 Å². The zero-order valence-electron chi connectivity index (χ0n) is 6.34. The first-order valence-electron chi connectivity index (χ1n) is 3.25. The second kappa shape index (κ2) is 3.90. The van der Waals surface area contributed by atoms with Crippen LogP contribution in [0.5, 0.6) is 0 Å². The molecular weight excluding hydrogens is 194 g/mol. The number of nitrogens with zero attached hydrogens (tertiary/aromatic N) is 1. The minimum absolute atomic E-state index is 0.105. The van der Waals surface area contributed by atoms with Gasteiger partial charge in [0.15, 0.2) is 0 Å². The van der Waals surface area contributed by atoms with Crippen LogP contribution in [-0.4, -0.2) is 15.3 Å². The minimum Gasteiger partial charge on any atom is -0.473 e. The average Bonchev–Trinajstić information content (AvgIpc) is 2.03. The van der Waals surface area contributed by atoms with E-state index in [4.69, 9.17) is 5.11 Å². The van der Waals surface area contributed by atoms with Crippen LogP contribution in [0.15, 0.2) is 29.2 Å². The van der Waals surface area contributed by atoms with E-state index in [2.05, 4.69) is 0 Å². The van der Waals surface area contributed by atoms with Gasteiger partial charge in [0.05, 0.1) is 4.92 Å². The van der Waals surface area contributed by atoms with Crippen LogP contribution in [0.2, 0.25) is 0 Å². The van der Waals surface area contributed by atoms with E-state index in [0.29, 0.717) is 16.7 Å². The Balaban J connectivity index is 2.91. The molecule has 1 N–H and O–H groups in total. The molecule has 0 atom stereocenters. The molecule has 1 aromatic rings. The van der Waals surface area contributed by atoms with Crippen LogP contribution < -0.4 is 0 Å². The summed E-state index contributed by atoms with van der Waals surface area (Å²) in [7, 11) is 0. The predicted molar refractivity (Wildman–Crippen MR) is 47.0 cm³/mol. The summed E-state index contributed by atoms with van der Waals surface area (Å²) in [4.78, 5) is 20.3. The number of benzene rings is 1. The number of carboxylic acid groups (broad SMARTS) is 1. The number of thioether (sulfide) groups is 1. The normalized spacial score (nSPS) is 9.54. The van der Waals surface area contributed by atoms with E-state index in [0.717, 1.165) is 0 Å². The average molecular weight is 199 g/mol. The van der Waals surface area contributed by atoms with Crippen molar-refractivity contribution in [2.75, 3.05) is 0 Å². The molecule has 1 rings (SSSR count). The number of hydrogen-bond donors (Lipinski definition) is 1. The lowest BCUT2D eigenvalue weighted by Gasteiger charge is -1.95. The molecule has 0 unspecified atom stereocenters. The highest BCUT2D eigenvalue weighted by Crippen LogP contribution is 2.22. The Labute approximate surface area is 77.5 Å². The quantitative estimate of drug-likeness (QED) is 0.449. The molecular formula is C7H5NO4S. The van der Waals surface area contributed by atoms with Crippen LogP contribution in [0.25, 0.3) is 0 Å². The maximum Gasteiger partial charge on any atom is 0.369 e. The summed E-state index contributed by atoms with van der Waals surface area (Å²) < 4.78 is 0. The van der Waals surface area contributed by atoms with Crippen LogP contribution in [0.4, 0.5) is 10.5 Å². The topological polar surface area (TPSA) is 80.4 Å². The van der Waals surface area contributed by atoms with Crippen molar-refractivity contribution >= 4 is 22.8 Å². The number of nitro groups is 1. The molecule has 68 valence electrons. The molecule has 0 saturated carbocycles. The van der Waals surface area contributed by atoms with Gasteiger partial charge >= 0.3 is 5.30 Å². The van der Waals surface area contributed by atoms with E-state index in [1.807, 2.05) is 0 Å². The minimum atomic E-state index is -1.08. The molecule has 0 aliphatic carbocycles. The lowest BCUT2D eigenvalue weighted by Crippen LogP contribution is -1.88. The maximum absolute atomic E-state index is 10.3. The van der Waals surface area contributed by atoms with Crippen molar-refractivity contribution in [3.8, 4) is 0 Å². The largest absolute Gasteiger partial charge is 0.473 e. The van der Waals surface area contributed by atoms with Crippen LogP contribution in [0.1, 0.15) is 0 Å². The lowest BCUT2D eigenvalue weighted by atomic mass is 10.3. The number of nitro benzene ring substituents is 1. The molecule has 0 radical (unpaired) electrons. The molecule has 5 nitrogen and oxygen atoms in total. The van der Waals surface area contributed by atoms with Gasteiger partial charge in [-0.15, -0.1) is 0 Å². The molecule has 0 spiro atoms. The van der Waals surface area contributed by atoms with Crippen molar-refractivity contribution in [3.63, 3.8) is 0 Å². The number of hydrogen-bond acceptors (Lipinski definition) is 4. The highest BCUT2D eigenvalue weighted by Gasteiger charge is 2.07. The molecule has 6 heteroatoms. The zero-order valence-corrected chi connectivity index (χ0v) is 7.15. The number of carbonyl (C=O) groups is 1. The van der Waals surface area contributed by atoms with Gasteiger partial charge in [0.1, 0.15) is 0 Å². The third kappa shape index (κ3) is 2.75. The SMILES string of the molecule is O=C(O)Sc1cccc([N+](=O)[O-])c1. The van der Waals surface area contributed by atoms with E-state index < -0.39 is 10.2 Å². The van der Waals surface area contributed by atoms with Gasteiger partial charge < -0.3 is 5.11 Å². The van der Waals surface area contributed by atoms with Crippen molar-refractivity contribution in [2.45, 2.75) is 4.90 Å². The smallest absolute Gasteiger partial charge is 0.369 e. The molecule has 0 aliphatic heterocycles.